The van der Waals surface area contributed by atoms with Crippen LogP contribution in [0, 0.1) is 5.82 Å². The molecule has 0 spiro atoms. The lowest BCUT2D eigenvalue weighted by molar-refractivity contribution is -0.142. The second-order valence-electron chi connectivity index (χ2n) is 4.33. The Labute approximate surface area is 99.5 Å². The molecule has 1 aliphatic rings. The summed E-state index contributed by atoms with van der Waals surface area (Å²) in [7, 11) is 1.36. The fourth-order valence-electron chi connectivity index (χ4n) is 2.12. The molecule has 3 nitrogen and oxygen atoms in total. The topological polar surface area (TPSA) is 35.5 Å². The number of methoxy groups -OCH3 is 1. The van der Waals surface area contributed by atoms with Crippen molar-refractivity contribution in [1.82, 2.24) is 0 Å². The summed E-state index contributed by atoms with van der Waals surface area (Å²) in [5.74, 6) is -0.506. The third kappa shape index (κ3) is 2.31. The van der Waals surface area contributed by atoms with Crippen molar-refractivity contribution in [2.24, 2.45) is 0 Å². The Morgan fingerprint density at radius 3 is 2.71 bits per heavy atom. The summed E-state index contributed by atoms with van der Waals surface area (Å²) in [5.41, 5.74) is 0.273. The summed E-state index contributed by atoms with van der Waals surface area (Å²) in [6.45, 7) is 0.926. The van der Waals surface area contributed by atoms with Crippen molar-refractivity contribution in [3.8, 4) is 0 Å². The first-order valence-electron chi connectivity index (χ1n) is 5.57. The molecule has 0 radical (unpaired) electrons. The monoisotopic (exact) mass is 238 g/mol. The van der Waals surface area contributed by atoms with Gasteiger partial charge in [0.1, 0.15) is 5.82 Å². The first kappa shape index (κ1) is 12.0. The molecule has 1 heterocycles. The molecule has 0 N–H and O–H groups in total. The van der Waals surface area contributed by atoms with E-state index < -0.39 is 0 Å². The molecule has 0 amide bonds. The van der Waals surface area contributed by atoms with Gasteiger partial charge in [-0.05, 0) is 18.1 Å². The minimum Gasteiger partial charge on any atom is -0.469 e. The summed E-state index contributed by atoms with van der Waals surface area (Å²) in [6.07, 6.45) is 0.842. The molecule has 1 aliphatic heterocycles. The van der Waals surface area contributed by atoms with Gasteiger partial charge >= 0.3 is 5.97 Å². The van der Waals surface area contributed by atoms with Crippen molar-refractivity contribution in [1.29, 1.82) is 0 Å². The van der Waals surface area contributed by atoms with Gasteiger partial charge in [-0.2, -0.15) is 0 Å². The lowest BCUT2D eigenvalue weighted by Gasteiger charge is -2.42. The van der Waals surface area contributed by atoms with E-state index in [4.69, 9.17) is 4.74 Å². The number of benzene rings is 1. The summed E-state index contributed by atoms with van der Waals surface area (Å²) >= 11 is 0. The maximum Gasteiger partial charge on any atom is 0.305 e. The van der Waals surface area contributed by atoms with Gasteiger partial charge in [0, 0.05) is 11.8 Å². The third-order valence-corrected chi connectivity index (χ3v) is 3.24. The molecule has 0 unspecified atom stereocenters. The molecule has 1 saturated heterocycles. The average molecular weight is 238 g/mol. The Morgan fingerprint density at radius 2 is 2.18 bits per heavy atom. The van der Waals surface area contributed by atoms with Crippen LogP contribution in [0.4, 0.5) is 4.39 Å². The van der Waals surface area contributed by atoms with Gasteiger partial charge in [-0.1, -0.05) is 18.2 Å². The number of carbonyl (C=O) groups excluding carboxylic acids is 1. The van der Waals surface area contributed by atoms with Gasteiger partial charge in [-0.25, -0.2) is 4.39 Å². The van der Waals surface area contributed by atoms with Crippen molar-refractivity contribution in [2.45, 2.75) is 18.3 Å². The molecule has 4 heteroatoms. The van der Waals surface area contributed by atoms with Crippen molar-refractivity contribution in [2.75, 3.05) is 20.3 Å². The normalized spacial score (nSPS) is 17.3. The predicted octanol–water partition coefficient (Wildman–Crippen LogP) is 2.05. The number of rotatable bonds is 4. The summed E-state index contributed by atoms with van der Waals surface area (Å²) in [6, 6.07) is 6.66. The molecule has 1 aromatic carbocycles. The van der Waals surface area contributed by atoms with Crippen molar-refractivity contribution < 1.29 is 18.7 Å². The highest BCUT2D eigenvalue weighted by atomic mass is 19.1. The Hall–Kier alpha value is -1.42. The average Bonchev–Trinajstić information content (AvgIpc) is 2.29. The van der Waals surface area contributed by atoms with Gasteiger partial charge < -0.3 is 9.47 Å². The minimum absolute atomic E-state index is 0.235. The standard InChI is InChI=1S/C13H15FO3/c1-16-12(15)6-7-13(8-17-9-13)10-4-2-3-5-11(10)14/h2-5H,6-9H2,1H3. The van der Waals surface area contributed by atoms with Crippen LogP contribution in [-0.2, 0) is 19.7 Å². The summed E-state index contributed by atoms with van der Waals surface area (Å²) < 4.78 is 23.5. The molecular weight excluding hydrogens is 223 g/mol. The van der Waals surface area contributed by atoms with Crippen LogP contribution in [0.25, 0.3) is 0 Å². The molecule has 0 aromatic heterocycles. The summed E-state index contributed by atoms with van der Waals surface area (Å²) in [5, 5.41) is 0. The van der Waals surface area contributed by atoms with E-state index in [1.165, 1.54) is 13.2 Å². The van der Waals surface area contributed by atoms with E-state index in [-0.39, 0.29) is 23.6 Å². The van der Waals surface area contributed by atoms with Crippen LogP contribution in [-0.4, -0.2) is 26.3 Å². The lowest BCUT2D eigenvalue weighted by Crippen LogP contribution is -2.47. The molecular formula is C13H15FO3. The number of hydrogen-bond acceptors (Lipinski definition) is 3. The van der Waals surface area contributed by atoms with Crippen molar-refractivity contribution >= 4 is 5.97 Å². The van der Waals surface area contributed by atoms with Crippen molar-refractivity contribution in [3.63, 3.8) is 0 Å². The van der Waals surface area contributed by atoms with Gasteiger partial charge in [0.15, 0.2) is 0 Å². The van der Waals surface area contributed by atoms with Gasteiger partial charge in [-0.15, -0.1) is 0 Å². The highest BCUT2D eigenvalue weighted by molar-refractivity contribution is 5.69. The maximum atomic E-state index is 13.7. The number of halogens is 1. The highest BCUT2D eigenvalue weighted by Gasteiger charge is 2.42. The zero-order chi connectivity index (χ0) is 12.3. The van der Waals surface area contributed by atoms with Crippen molar-refractivity contribution in [3.05, 3.63) is 35.6 Å². The Balaban J connectivity index is 2.15. The lowest BCUT2D eigenvalue weighted by atomic mass is 9.75. The van der Waals surface area contributed by atoms with Crippen LogP contribution in [0.15, 0.2) is 24.3 Å². The van der Waals surface area contributed by atoms with E-state index >= 15 is 0 Å². The second kappa shape index (κ2) is 4.84. The Bertz CT molecular complexity index is 413. The molecule has 0 bridgehead atoms. The molecule has 1 aromatic rings. The molecule has 0 atom stereocenters. The second-order valence-corrected chi connectivity index (χ2v) is 4.33. The first-order chi connectivity index (χ1) is 8.18. The third-order valence-electron chi connectivity index (χ3n) is 3.24. The van der Waals surface area contributed by atoms with Crippen LogP contribution >= 0.6 is 0 Å². The SMILES string of the molecule is COC(=O)CCC1(c2ccccc2F)COC1. The van der Waals surface area contributed by atoms with Gasteiger partial charge in [0.05, 0.1) is 20.3 Å². The minimum atomic E-state index is -0.362. The smallest absolute Gasteiger partial charge is 0.305 e. The van der Waals surface area contributed by atoms with Crippen LogP contribution in [0.3, 0.4) is 0 Å². The summed E-state index contributed by atoms with van der Waals surface area (Å²) in [4.78, 5) is 11.2. The highest BCUT2D eigenvalue weighted by Crippen LogP contribution is 2.38. The Kier molecular flexibility index (Phi) is 3.43. The molecule has 0 aliphatic carbocycles. The van der Waals surface area contributed by atoms with E-state index in [9.17, 15) is 9.18 Å². The quantitative estimate of drug-likeness (QED) is 0.753. The molecule has 0 saturated carbocycles. The first-order valence-corrected chi connectivity index (χ1v) is 5.57. The molecule has 1 fully saturated rings. The molecule has 17 heavy (non-hydrogen) atoms. The van der Waals surface area contributed by atoms with Gasteiger partial charge in [-0.3, -0.25) is 4.79 Å². The van der Waals surface area contributed by atoms with E-state index in [1.54, 1.807) is 18.2 Å². The van der Waals surface area contributed by atoms with Crippen LogP contribution in [0.1, 0.15) is 18.4 Å². The van der Waals surface area contributed by atoms with Gasteiger partial charge in [0.2, 0.25) is 0 Å². The van der Waals surface area contributed by atoms with E-state index in [2.05, 4.69) is 4.74 Å². The zero-order valence-electron chi connectivity index (χ0n) is 9.74. The van der Waals surface area contributed by atoms with Crippen LogP contribution < -0.4 is 0 Å². The fourth-order valence-corrected chi connectivity index (χ4v) is 2.12. The largest absolute Gasteiger partial charge is 0.469 e. The number of esters is 1. The van der Waals surface area contributed by atoms with E-state index in [1.807, 2.05) is 0 Å². The van der Waals surface area contributed by atoms with E-state index in [0.29, 0.717) is 25.2 Å². The zero-order valence-corrected chi connectivity index (χ0v) is 9.74. The molecule has 2 rings (SSSR count). The van der Waals surface area contributed by atoms with E-state index in [0.717, 1.165) is 0 Å². The maximum absolute atomic E-state index is 13.7. The number of ether oxygens (including phenoxy) is 2. The fraction of sp³-hybridized carbons (Fsp3) is 0.462. The molecule has 92 valence electrons. The predicted molar refractivity (Wildman–Crippen MR) is 60.1 cm³/mol. The Morgan fingerprint density at radius 1 is 1.47 bits per heavy atom. The number of hydrogen-bond donors (Lipinski definition) is 0. The van der Waals surface area contributed by atoms with Crippen LogP contribution in [0.5, 0.6) is 0 Å². The number of carbonyl (C=O) groups is 1. The van der Waals surface area contributed by atoms with Crippen LogP contribution in [0.2, 0.25) is 0 Å². The van der Waals surface area contributed by atoms with Gasteiger partial charge in [0.25, 0.3) is 0 Å².